The van der Waals surface area contributed by atoms with Crippen LogP contribution in [-0.4, -0.2) is 27.0 Å². The van der Waals surface area contributed by atoms with Crippen molar-refractivity contribution in [2.24, 2.45) is 7.05 Å². The topological polar surface area (TPSA) is 65.1 Å². The van der Waals surface area contributed by atoms with Gasteiger partial charge in [-0.15, -0.1) is 0 Å². The molecule has 4 rings (SSSR count). The van der Waals surface area contributed by atoms with Gasteiger partial charge in [0, 0.05) is 22.8 Å². The summed E-state index contributed by atoms with van der Waals surface area (Å²) in [6.07, 6.45) is 0. The van der Waals surface area contributed by atoms with Crippen LogP contribution in [-0.2, 0) is 7.05 Å². The predicted molar refractivity (Wildman–Crippen MR) is 107 cm³/mol. The average molecular weight is 387 g/mol. The first kappa shape index (κ1) is 16.9. The molecule has 7 heteroatoms. The molecule has 0 radical (unpaired) electrons. The number of aromatic nitrogens is 2. The van der Waals surface area contributed by atoms with Crippen LogP contribution < -0.4 is 4.90 Å². The molecule has 2 heterocycles. The number of hydrogen-bond acceptors (Lipinski definition) is 3. The van der Waals surface area contributed by atoms with Crippen LogP contribution in [0.15, 0.2) is 42.2 Å². The SMILES string of the molecule is Cc1ccc2c(c1)nc(C1=C(O)CN(c3cc(Cl)cc(Cl)c3)C1=N)n2C. The summed E-state index contributed by atoms with van der Waals surface area (Å²) in [7, 11) is 1.88. The molecular weight excluding hydrogens is 371 g/mol. The van der Waals surface area contributed by atoms with Crippen LogP contribution >= 0.6 is 23.2 Å². The highest BCUT2D eigenvalue weighted by Gasteiger charge is 2.32. The normalized spacial score (nSPS) is 14.8. The fraction of sp³-hybridized carbons (Fsp3) is 0.158. The highest BCUT2D eigenvalue weighted by atomic mass is 35.5. The Bertz CT molecular complexity index is 1080. The minimum atomic E-state index is 0.0984. The Labute approximate surface area is 160 Å². The number of amidine groups is 1. The van der Waals surface area contributed by atoms with Gasteiger partial charge in [-0.05, 0) is 42.8 Å². The van der Waals surface area contributed by atoms with Gasteiger partial charge in [-0.1, -0.05) is 29.3 Å². The summed E-state index contributed by atoms with van der Waals surface area (Å²) in [5.41, 5.74) is 3.96. The molecule has 1 aromatic heterocycles. The van der Waals surface area contributed by atoms with Crippen LogP contribution in [0, 0.1) is 12.3 Å². The van der Waals surface area contributed by atoms with Gasteiger partial charge in [-0.3, -0.25) is 5.41 Å². The third kappa shape index (κ3) is 2.64. The number of halogens is 2. The number of imidazole rings is 1. The molecule has 1 aliphatic rings. The number of aliphatic hydroxyl groups is 1. The van der Waals surface area contributed by atoms with E-state index in [0.717, 1.165) is 16.6 Å². The molecule has 0 spiro atoms. The van der Waals surface area contributed by atoms with E-state index in [1.54, 1.807) is 23.1 Å². The summed E-state index contributed by atoms with van der Waals surface area (Å²) in [5, 5.41) is 20.1. The van der Waals surface area contributed by atoms with E-state index in [-0.39, 0.29) is 18.1 Å². The monoisotopic (exact) mass is 386 g/mol. The van der Waals surface area contributed by atoms with E-state index in [0.29, 0.717) is 27.1 Å². The molecule has 0 atom stereocenters. The van der Waals surface area contributed by atoms with Crippen molar-refractivity contribution >= 4 is 51.3 Å². The van der Waals surface area contributed by atoms with Gasteiger partial charge in [0.25, 0.3) is 0 Å². The molecule has 0 bridgehead atoms. The Morgan fingerprint density at radius 1 is 1.12 bits per heavy atom. The van der Waals surface area contributed by atoms with Crippen molar-refractivity contribution in [2.75, 3.05) is 11.4 Å². The lowest BCUT2D eigenvalue weighted by Crippen LogP contribution is -2.26. The number of aliphatic hydroxyl groups excluding tert-OH is 1. The molecular formula is C19H16Cl2N4O. The largest absolute Gasteiger partial charge is 0.509 e. The first-order chi connectivity index (χ1) is 12.3. The van der Waals surface area contributed by atoms with Crippen molar-refractivity contribution in [1.29, 1.82) is 5.41 Å². The van der Waals surface area contributed by atoms with Crippen molar-refractivity contribution in [1.82, 2.24) is 9.55 Å². The molecule has 0 unspecified atom stereocenters. The minimum absolute atomic E-state index is 0.0984. The van der Waals surface area contributed by atoms with Gasteiger partial charge in [0.1, 0.15) is 17.4 Å². The third-order valence-electron chi connectivity index (χ3n) is 4.52. The van der Waals surface area contributed by atoms with E-state index in [4.69, 9.17) is 28.6 Å². The first-order valence-electron chi connectivity index (χ1n) is 8.03. The lowest BCUT2D eigenvalue weighted by atomic mass is 10.2. The number of fused-ring (bicyclic) bond motifs is 1. The number of benzene rings is 2. The molecule has 26 heavy (non-hydrogen) atoms. The third-order valence-corrected chi connectivity index (χ3v) is 4.96. The number of hydrogen-bond donors (Lipinski definition) is 2. The molecule has 0 amide bonds. The molecule has 0 saturated heterocycles. The number of nitrogens with one attached hydrogen (secondary N) is 1. The van der Waals surface area contributed by atoms with Gasteiger partial charge >= 0.3 is 0 Å². The van der Waals surface area contributed by atoms with E-state index in [1.165, 1.54) is 0 Å². The second-order valence-corrected chi connectivity index (χ2v) is 7.24. The van der Waals surface area contributed by atoms with Crippen LogP contribution in [0.25, 0.3) is 16.6 Å². The molecule has 132 valence electrons. The van der Waals surface area contributed by atoms with E-state index >= 15 is 0 Å². The Morgan fingerprint density at radius 3 is 2.50 bits per heavy atom. The number of nitrogens with zero attached hydrogens (tertiary/aromatic N) is 3. The maximum Gasteiger partial charge on any atom is 0.148 e. The smallest absolute Gasteiger partial charge is 0.148 e. The van der Waals surface area contributed by atoms with Crippen molar-refractivity contribution in [3.63, 3.8) is 0 Å². The van der Waals surface area contributed by atoms with Crippen LogP contribution in [0.2, 0.25) is 10.0 Å². The zero-order chi connectivity index (χ0) is 18.6. The van der Waals surface area contributed by atoms with Crippen LogP contribution in [0.5, 0.6) is 0 Å². The summed E-state index contributed by atoms with van der Waals surface area (Å²) in [6, 6.07) is 11.1. The zero-order valence-corrected chi connectivity index (χ0v) is 15.7. The Kier molecular flexibility index (Phi) is 3.93. The molecule has 2 aromatic carbocycles. The van der Waals surface area contributed by atoms with Crippen molar-refractivity contribution < 1.29 is 5.11 Å². The summed E-state index contributed by atoms with van der Waals surface area (Å²) in [5.74, 6) is 0.820. The second kappa shape index (κ2) is 6.04. The Morgan fingerprint density at radius 2 is 1.81 bits per heavy atom. The Balaban J connectivity index is 1.79. The van der Waals surface area contributed by atoms with Crippen molar-refractivity contribution in [3.8, 4) is 0 Å². The quantitative estimate of drug-likeness (QED) is 0.654. The van der Waals surface area contributed by atoms with Gasteiger partial charge < -0.3 is 14.6 Å². The van der Waals surface area contributed by atoms with Gasteiger partial charge in [-0.2, -0.15) is 0 Å². The summed E-state index contributed by atoms with van der Waals surface area (Å²) in [6.45, 7) is 2.18. The van der Waals surface area contributed by atoms with Gasteiger partial charge in [0.05, 0.1) is 23.2 Å². The van der Waals surface area contributed by atoms with Crippen LogP contribution in [0.3, 0.4) is 0 Å². The maximum atomic E-state index is 10.6. The summed E-state index contributed by atoms with van der Waals surface area (Å²) in [4.78, 5) is 6.30. The van der Waals surface area contributed by atoms with Crippen molar-refractivity contribution in [3.05, 3.63) is 63.6 Å². The molecule has 0 fully saturated rings. The predicted octanol–water partition coefficient (Wildman–Crippen LogP) is 4.96. The van der Waals surface area contributed by atoms with E-state index in [9.17, 15) is 5.11 Å². The van der Waals surface area contributed by atoms with Gasteiger partial charge in [-0.25, -0.2) is 4.98 Å². The molecule has 0 saturated carbocycles. The minimum Gasteiger partial charge on any atom is -0.509 e. The van der Waals surface area contributed by atoms with Crippen LogP contribution in [0.1, 0.15) is 11.4 Å². The maximum absolute atomic E-state index is 10.6. The number of aryl methyl sites for hydroxylation is 2. The number of anilines is 1. The van der Waals surface area contributed by atoms with Gasteiger partial charge in [0.2, 0.25) is 0 Å². The lowest BCUT2D eigenvalue weighted by molar-refractivity contribution is 0.411. The molecule has 1 aliphatic heterocycles. The molecule has 2 N–H and O–H groups in total. The lowest BCUT2D eigenvalue weighted by Gasteiger charge is -2.19. The molecule has 5 nitrogen and oxygen atoms in total. The summed E-state index contributed by atoms with van der Waals surface area (Å²) < 4.78 is 1.89. The Hall–Kier alpha value is -2.50. The van der Waals surface area contributed by atoms with Gasteiger partial charge in [0.15, 0.2) is 0 Å². The van der Waals surface area contributed by atoms with Crippen molar-refractivity contribution in [2.45, 2.75) is 6.92 Å². The second-order valence-electron chi connectivity index (χ2n) is 6.37. The van der Waals surface area contributed by atoms with E-state index in [2.05, 4.69) is 4.98 Å². The highest BCUT2D eigenvalue weighted by molar-refractivity contribution is 6.36. The fourth-order valence-corrected chi connectivity index (χ4v) is 3.78. The van der Waals surface area contributed by atoms with E-state index in [1.807, 2.05) is 36.7 Å². The summed E-state index contributed by atoms with van der Waals surface area (Å²) >= 11 is 12.2. The van der Waals surface area contributed by atoms with E-state index < -0.39 is 0 Å². The number of rotatable bonds is 2. The standard InChI is InChI=1S/C19H16Cl2N4O/c1-10-3-4-15-14(5-10)23-19(24(15)2)17-16(26)9-25(18(17)22)13-7-11(20)6-12(21)8-13/h3-8,22,26H,9H2,1-2H3. The first-order valence-corrected chi connectivity index (χ1v) is 8.79. The average Bonchev–Trinajstić information content (AvgIpc) is 3.03. The fourth-order valence-electron chi connectivity index (χ4n) is 3.26. The molecule has 3 aromatic rings. The highest BCUT2D eigenvalue weighted by Crippen LogP contribution is 2.34. The van der Waals surface area contributed by atoms with Crippen LogP contribution in [0.4, 0.5) is 5.69 Å². The zero-order valence-electron chi connectivity index (χ0n) is 14.2. The molecule has 0 aliphatic carbocycles.